The van der Waals surface area contributed by atoms with Crippen molar-refractivity contribution < 1.29 is 18.7 Å². The summed E-state index contributed by atoms with van der Waals surface area (Å²) in [4.78, 5) is 9.47. The molecule has 5 nitrogen and oxygen atoms in total. The van der Waals surface area contributed by atoms with Crippen molar-refractivity contribution in [3.05, 3.63) is 0 Å². The maximum absolute atomic E-state index is 11.5. The summed E-state index contributed by atoms with van der Waals surface area (Å²) < 4.78 is 21.6. The fourth-order valence-electron chi connectivity index (χ4n) is 1.28. The van der Waals surface area contributed by atoms with Gasteiger partial charge >= 0.3 is 7.60 Å². The first-order chi connectivity index (χ1) is 8.05. The van der Waals surface area contributed by atoms with Crippen LogP contribution in [0.3, 0.4) is 0 Å². The summed E-state index contributed by atoms with van der Waals surface area (Å²) in [6.45, 7) is 4.60. The van der Waals surface area contributed by atoms with Crippen molar-refractivity contribution in [1.29, 1.82) is 5.26 Å². The molecule has 0 aromatic heterocycles. The summed E-state index contributed by atoms with van der Waals surface area (Å²) >= 11 is 0. The van der Waals surface area contributed by atoms with Gasteiger partial charge in [-0.15, -0.1) is 0 Å². The monoisotopic (exact) mass is 263 g/mol. The third kappa shape index (κ3) is 9.31. The zero-order valence-corrected chi connectivity index (χ0v) is 11.5. The molecule has 0 spiro atoms. The van der Waals surface area contributed by atoms with E-state index in [1.807, 2.05) is 19.9 Å². The first kappa shape index (κ1) is 16.6. The van der Waals surface area contributed by atoms with Crippen LogP contribution in [0.2, 0.25) is 0 Å². The van der Waals surface area contributed by atoms with E-state index >= 15 is 0 Å². The van der Waals surface area contributed by atoms with Crippen molar-refractivity contribution in [1.82, 2.24) is 0 Å². The Balaban J connectivity index is 3.78. The largest absolute Gasteiger partial charge is 0.364 e. The topological polar surface area (TPSA) is 79.5 Å². The van der Waals surface area contributed by atoms with Crippen LogP contribution in [0.5, 0.6) is 0 Å². The maximum atomic E-state index is 11.5. The van der Waals surface area contributed by atoms with Crippen molar-refractivity contribution in [2.24, 2.45) is 0 Å². The average molecular weight is 263 g/mol. The molecular formula is C11H22NO4P. The molecule has 17 heavy (non-hydrogen) atoms. The number of hydrogen-bond donors (Lipinski definition) is 1. The molecule has 1 N–H and O–H groups in total. The van der Waals surface area contributed by atoms with E-state index in [-0.39, 0.29) is 6.16 Å². The second-order valence-electron chi connectivity index (χ2n) is 3.76. The van der Waals surface area contributed by atoms with Gasteiger partial charge in [0.05, 0.1) is 18.8 Å². The highest BCUT2D eigenvalue weighted by Gasteiger charge is 2.19. The molecule has 0 aliphatic carbocycles. The van der Waals surface area contributed by atoms with Gasteiger partial charge in [-0.05, 0) is 26.2 Å². The fraction of sp³-hybridized carbons (Fsp3) is 0.909. The van der Waals surface area contributed by atoms with E-state index in [9.17, 15) is 9.46 Å². The van der Waals surface area contributed by atoms with E-state index in [4.69, 9.17) is 14.5 Å². The summed E-state index contributed by atoms with van der Waals surface area (Å²) in [5.41, 5.74) is 0. The predicted octanol–water partition coefficient (Wildman–Crippen LogP) is 2.70. The minimum Gasteiger partial charge on any atom is -0.364 e. The fourth-order valence-corrected chi connectivity index (χ4v) is 2.40. The highest BCUT2D eigenvalue weighted by molar-refractivity contribution is 7.52. The maximum Gasteiger partial charge on any atom is 0.328 e. The van der Waals surface area contributed by atoms with Gasteiger partial charge < -0.3 is 14.2 Å². The third-order valence-electron chi connectivity index (χ3n) is 2.21. The lowest BCUT2D eigenvalue weighted by atomic mass is 10.2. The Morgan fingerprint density at radius 3 is 2.65 bits per heavy atom. The molecule has 2 atom stereocenters. The molecule has 0 amide bonds. The molecule has 0 bridgehead atoms. The molecular weight excluding hydrogens is 241 g/mol. The van der Waals surface area contributed by atoms with Crippen molar-refractivity contribution >= 4 is 7.60 Å². The second-order valence-corrected chi connectivity index (χ2v) is 5.74. The molecule has 0 heterocycles. The lowest BCUT2D eigenvalue weighted by molar-refractivity contribution is 0.0946. The smallest absolute Gasteiger partial charge is 0.328 e. The molecule has 0 aliphatic heterocycles. The summed E-state index contributed by atoms with van der Waals surface area (Å²) in [6.07, 6.45) is 2.23. The Morgan fingerprint density at radius 2 is 2.12 bits per heavy atom. The Morgan fingerprint density at radius 1 is 1.41 bits per heavy atom. The standard InChI is InChI=1S/C11H22NO4P/c1-3-5-8-16-17(13,14)9-6-7-11(10-12)15-4-2/h11H,3-9H2,1-2H3,(H,13,14). The van der Waals surface area contributed by atoms with Gasteiger partial charge in [-0.1, -0.05) is 13.3 Å². The summed E-state index contributed by atoms with van der Waals surface area (Å²) in [5.74, 6) is 0. The number of nitrogens with zero attached hydrogens (tertiary/aromatic N) is 1. The van der Waals surface area contributed by atoms with Gasteiger partial charge in [-0.25, -0.2) is 0 Å². The van der Waals surface area contributed by atoms with Gasteiger partial charge in [0.25, 0.3) is 0 Å². The molecule has 0 aromatic rings. The van der Waals surface area contributed by atoms with Crippen molar-refractivity contribution in [3.63, 3.8) is 0 Å². The van der Waals surface area contributed by atoms with Crippen LogP contribution in [0, 0.1) is 11.3 Å². The second kappa shape index (κ2) is 9.61. The predicted molar refractivity (Wildman–Crippen MR) is 65.8 cm³/mol. The van der Waals surface area contributed by atoms with Crippen LogP contribution >= 0.6 is 7.60 Å². The van der Waals surface area contributed by atoms with Crippen LogP contribution in [0.25, 0.3) is 0 Å². The summed E-state index contributed by atoms with van der Waals surface area (Å²) in [7, 11) is -3.47. The average Bonchev–Trinajstić information content (AvgIpc) is 2.28. The minimum atomic E-state index is -3.47. The number of unbranched alkanes of at least 4 members (excludes halogenated alkanes) is 1. The van der Waals surface area contributed by atoms with Crippen LogP contribution < -0.4 is 0 Å². The SMILES string of the molecule is CCCCOP(=O)(O)CCCC(C#N)OCC. The minimum absolute atomic E-state index is 0.0853. The number of ether oxygens (including phenoxy) is 1. The molecule has 0 fully saturated rings. The van der Waals surface area contributed by atoms with Crippen molar-refractivity contribution in [2.45, 2.75) is 45.6 Å². The Labute approximate surface area is 103 Å². The normalized spacial score (nSPS) is 16.1. The van der Waals surface area contributed by atoms with E-state index in [2.05, 4.69) is 0 Å². The van der Waals surface area contributed by atoms with E-state index < -0.39 is 13.7 Å². The molecule has 0 saturated carbocycles. The molecule has 0 aliphatic rings. The van der Waals surface area contributed by atoms with Gasteiger partial charge in [-0.2, -0.15) is 5.26 Å². The Hall–Kier alpha value is -0.400. The molecule has 2 unspecified atom stereocenters. The van der Waals surface area contributed by atoms with Crippen molar-refractivity contribution in [3.8, 4) is 6.07 Å². The van der Waals surface area contributed by atoms with Gasteiger partial charge in [0.2, 0.25) is 0 Å². The van der Waals surface area contributed by atoms with Crippen LogP contribution in [0.4, 0.5) is 0 Å². The number of rotatable bonds is 10. The van der Waals surface area contributed by atoms with Crippen molar-refractivity contribution in [2.75, 3.05) is 19.4 Å². The van der Waals surface area contributed by atoms with Gasteiger partial charge in [0.15, 0.2) is 0 Å². The summed E-state index contributed by atoms with van der Waals surface area (Å²) in [5, 5.41) is 8.72. The quantitative estimate of drug-likeness (QED) is 0.484. The zero-order chi connectivity index (χ0) is 13.1. The van der Waals surface area contributed by atoms with Crippen LogP contribution in [-0.4, -0.2) is 30.4 Å². The molecule has 0 saturated heterocycles. The number of nitriles is 1. The Bertz CT molecular complexity index is 277. The zero-order valence-electron chi connectivity index (χ0n) is 10.6. The molecule has 0 aromatic carbocycles. The lowest BCUT2D eigenvalue weighted by Crippen LogP contribution is -2.11. The lowest BCUT2D eigenvalue weighted by Gasteiger charge is -2.13. The van der Waals surface area contributed by atoms with E-state index in [0.717, 1.165) is 12.8 Å². The first-order valence-corrected chi connectivity index (χ1v) is 7.79. The molecule has 0 radical (unpaired) electrons. The van der Waals surface area contributed by atoms with Crippen LogP contribution in [0.15, 0.2) is 0 Å². The van der Waals surface area contributed by atoms with Gasteiger partial charge in [-0.3, -0.25) is 4.57 Å². The number of hydrogen-bond acceptors (Lipinski definition) is 4. The summed E-state index contributed by atoms with van der Waals surface area (Å²) in [6, 6.07) is 2.01. The van der Waals surface area contributed by atoms with Gasteiger partial charge in [0, 0.05) is 6.61 Å². The molecule has 0 rings (SSSR count). The molecule has 6 heteroatoms. The van der Waals surface area contributed by atoms with Gasteiger partial charge in [0.1, 0.15) is 6.10 Å². The first-order valence-electron chi connectivity index (χ1n) is 6.03. The Kier molecular flexibility index (Phi) is 9.39. The third-order valence-corrected chi connectivity index (χ3v) is 3.68. The van der Waals surface area contributed by atoms with Crippen LogP contribution in [-0.2, 0) is 13.8 Å². The van der Waals surface area contributed by atoms with E-state index in [0.29, 0.717) is 26.1 Å². The highest BCUT2D eigenvalue weighted by Crippen LogP contribution is 2.42. The van der Waals surface area contributed by atoms with Crippen LogP contribution in [0.1, 0.15) is 39.5 Å². The molecule has 100 valence electrons. The van der Waals surface area contributed by atoms with E-state index in [1.165, 1.54) is 0 Å². The van der Waals surface area contributed by atoms with E-state index in [1.54, 1.807) is 0 Å². The highest BCUT2D eigenvalue weighted by atomic mass is 31.2.